The van der Waals surface area contributed by atoms with Crippen LogP contribution >= 0.6 is 0 Å². The molecule has 1 unspecified atom stereocenters. The monoisotopic (exact) mass is 370 g/mol. The first-order chi connectivity index (χ1) is 13.0. The van der Waals surface area contributed by atoms with Gasteiger partial charge in [0.2, 0.25) is 5.91 Å². The van der Waals surface area contributed by atoms with Crippen molar-refractivity contribution in [1.82, 2.24) is 5.16 Å². The third-order valence-electron chi connectivity index (χ3n) is 4.29. The highest BCUT2D eigenvalue weighted by atomic mass is 19.1. The summed E-state index contributed by atoms with van der Waals surface area (Å²) >= 11 is 0. The van der Waals surface area contributed by atoms with E-state index in [-0.39, 0.29) is 18.2 Å². The highest BCUT2D eigenvalue weighted by Crippen LogP contribution is 2.33. The first-order valence-electron chi connectivity index (χ1n) is 8.48. The van der Waals surface area contributed by atoms with Crippen LogP contribution in [0.15, 0.2) is 47.0 Å². The van der Waals surface area contributed by atoms with Crippen LogP contribution in [0.25, 0.3) is 11.3 Å². The molecule has 1 aliphatic heterocycles. The second-order valence-corrected chi connectivity index (χ2v) is 6.49. The summed E-state index contributed by atoms with van der Waals surface area (Å²) < 4.78 is 37.5. The van der Waals surface area contributed by atoms with Crippen molar-refractivity contribution < 1.29 is 22.8 Å². The number of hydrogen-bond acceptors (Lipinski definition) is 4. The number of nitrogens with zero attached hydrogens (tertiary/aromatic N) is 1. The highest BCUT2D eigenvalue weighted by Gasteiger charge is 2.20. The van der Waals surface area contributed by atoms with Crippen molar-refractivity contribution in [3.8, 4) is 17.1 Å². The summed E-state index contributed by atoms with van der Waals surface area (Å²) in [5.41, 5.74) is 2.27. The van der Waals surface area contributed by atoms with Crippen molar-refractivity contribution in [2.45, 2.75) is 25.9 Å². The lowest BCUT2D eigenvalue weighted by atomic mass is 10.1. The molecule has 2 heterocycles. The van der Waals surface area contributed by atoms with Gasteiger partial charge in [-0.15, -0.1) is 0 Å². The molecule has 7 heteroatoms. The predicted octanol–water partition coefficient (Wildman–Crippen LogP) is 4.12. The van der Waals surface area contributed by atoms with Crippen molar-refractivity contribution in [3.63, 3.8) is 0 Å². The molecule has 0 fully saturated rings. The van der Waals surface area contributed by atoms with Crippen LogP contribution in [0.4, 0.5) is 14.5 Å². The number of anilines is 1. The number of amides is 1. The Balaban J connectivity index is 1.45. The topological polar surface area (TPSA) is 64.4 Å². The Bertz CT molecular complexity index is 1020. The Morgan fingerprint density at radius 1 is 1.22 bits per heavy atom. The fraction of sp³-hybridized carbons (Fsp3) is 0.200. The number of carbonyl (C=O) groups is 1. The Labute approximate surface area is 153 Å². The predicted molar refractivity (Wildman–Crippen MR) is 94.4 cm³/mol. The molecule has 1 aliphatic rings. The molecule has 0 spiro atoms. The number of nitrogens with one attached hydrogen (secondary N) is 1. The van der Waals surface area contributed by atoms with Gasteiger partial charge in [-0.3, -0.25) is 4.79 Å². The molecule has 0 saturated carbocycles. The molecule has 0 radical (unpaired) electrons. The number of fused-ring (bicyclic) bond motifs is 1. The average Bonchev–Trinajstić information content (AvgIpc) is 3.22. The van der Waals surface area contributed by atoms with Gasteiger partial charge in [-0.25, -0.2) is 8.78 Å². The van der Waals surface area contributed by atoms with Crippen molar-refractivity contribution in [1.29, 1.82) is 0 Å². The van der Waals surface area contributed by atoms with Crippen LogP contribution in [0.5, 0.6) is 5.75 Å². The van der Waals surface area contributed by atoms with Gasteiger partial charge in [0.1, 0.15) is 23.5 Å². The van der Waals surface area contributed by atoms with Crippen LogP contribution in [0.2, 0.25) is 0 Å². The molecule has 0 aliphatic carbocycles. The summed E-state index contributed by atoms with van der Waals surface area (Å²) in [6, 6.07) is 10.4. The van der Waals surface area contributed by atoms with Gasteiger partial charge in [-0.05, 0) is 42.8 Å². The quantitative estimate of drug-likeness (QED) is 0.750. The molecule has 1 amide bonds. The molecule has 1 aromatic heterocycles. The molecule has 0 bridgehead atoms. The van der Waals surface area contributed by atoms with Crippen LogP contribution < -0.4 is 10.1 Å². The normalized spacial score (nSPS) is 15.3. The largest absolute Gasteiger partial charge is 0.490 e. The summed E-state index contributed by atoms with van der Waals surface area (Å²) in [4.78, 5) is 12.1. The molecular weight excluding hydrogens is 354 g/mol. The third-order valence-corrected chi connectivity index (χ3v) is 4.29. The molecule has 1 N–H and O–H groups in total. The Hall–Kier alpha value is -3.22. The zero-order valence-electron chi connectivity index (χ0n) is 14.5. The maximum absolute atomic E-state index is 13.6. The lowest BCUT2D eigenvalue weighted by molar-refractivity contribution is -0.115. The SMILES string of the molecule is CC1Cc2cc(-c3cc(CC(=O)Nc4ccc(F)cc4F)no3)ccc2O1. The van der Waals surface area contributed by atoms with Crippen molar-refractivity contribution >= 4 is 11.6 Å². The second kappa shape index (κ2) is 6.83. The molecule has 4 rings (SSSR count). The van der Waals surface area contributed by atoms with Gasteiger partial charge < -0.3 is 14.6 Å². The smallest absolute Gasteiger partial charge is 0.230 e. The molecule has 1 atom stereocenters. The van der Waals surface area contributed by atoms with E-state index in [4.69, 9.17) is 9.26 Å². The fourth-order valence-corrected chi connectivity index (χ4v) is 3.06. The summed E-state index contributed by atoms with van der Waals surface area (Å²) in [6.07, 6.45) is 0.886. The minimum absolute atomic E-state index is 0.0853. The van der Waals surface area contributed by atoms with E-state index >= 15 is 0 Å². The fourth-order valence-electron chi connectivity index (χ4n) is 3.06. The van der Waals surface area contributed by atoms with E-state index in [2.05, 4.69) is 10.5 Å². The first-order valence-corrected chi connectivity index (χ1v) is 8.48. The standard InChI is InChI=1S/C20H16F2N2O3/c1-11-6-13-7-12(2-5-18(13)26-11)19-9-15(24-27-19)10-20(25)23-17-4-3-14(21)8-16(17)22/h2-5,7-9,11H,6,10H2,1H3,(H,23,25). The second-order valence-electron chi connectivity index (χ2n) is 6.49. The van der Waals surface area contributed by atoms with Crippen LogP contribution in [-0.2, 0) is 17.6 Å². The number of rotatable bonds is 4. The molecule has 0 saturated heterocycles. The van der Waals surface area contributed by atoms with Gasteiger partial charge in [-0.2, -0.15) is 0 Å². The van der Waals surface area contributed by atoms with Crippen LogP contribution in [0.1, 0.15) is 18.2 Å². The van der Waals surface area contributed by atoms with E-state index in [9.17, 15) is 13.6 Å². The molecule has 2 aromatic carbocycles. The van der Waals surface area contributed by atoms with Gasteiger partial charge in [0, 0.05) is 24.1 Å². The minimum Gasteiger partial charge on any atom is -0.490 e. The molecule has 3 aromatic rings. The van der Waals surface area contributed by atoms with Gasteiger partial charge in [0.25, 0.3) is 0 Å². The zero-order chi connectivity index (χ0) is 19.0. The average molecular weight is 370 g/mol. The van der Waals surface area contributed by atoms with Gasteiger partial charge in [-0.1, -0.05) is 5.16 Å². The molecule has 5 nitrogen and oxygen atoms in total. The van der Waals surface area contributed by atoms with E-state index in [1.807, 2.05) is 25.1 Å². The molecular formula is C20H16F2N2O3. The lowest BCUT2D eigenvalue weighted by Crippen LogP contribution is -2.15. The molecule has 27 heavy (non-hydrogen) atoms. The van der Waals surface area contributed by atoms with E-state index in [1.54, 1.807) is 6.07 Å². The maximum atomic E-state index is 13.6. The summed E-state index contributed by atoms with van der Waals surface area (Å²) in [7, 11) is 0. The number of ether oxygens (including phenoxy) is 1. The lowest BCUT2D eigenvalue weighted by Gasteiger charge is -2.04. The van der Waals surface area contributed by atoms with Crippen molar-refractivity contribution in [2.24, 2.45) is 0 Å². The number of halogens is 2. The number of benzene rings is 2. The van der Waals surface area contributed by atoms with E-state index < -0.39 is 17.5 Å². The Morgan fingerprint density at radius 3 is 2.89 bits per heavy atom. The van der Waals surface area contributed by atoms with Crippen molar-refractivity contribution in [3.05, 3.63) is 65.4 Å². The van der Waals surface area contributed by atoms with E-state index in [1.165, 1.54) is 6.07 Å². The Morgan fingerprint density at radius 2 is 2.07 bits per heavy atom. The third kappa shape index (κ3) is 3.67. The van der Waals surface area contributed by atoms with Crippen LogP contribution in [-0.4, -0.2) is 17.2 Å². The van der Waals surface area contributed by atoms with E-state index in [0.717, 1.165) is 29.4 Å². The number of aromatic nitrogens is 1. The summed E-state index contributed by atoms with van der Waals surface area (Å²) in [5, 5.41) is 6.29. The molecule has 138 valence electrons. The summed E-state index contributed by atoms with van der Waals surface area (Å²) in [5.74, 6) is -0.615. The van der Waals surface area contributed by atoms with E-state index in [0.29, 0.717) is 17.5 Å². The number of carbonyl (C=O) groups excluding carboxylic acids is 1. The zero-order valence-corrected chi connectivity index (χ0v) is 14.5. The number of hydrogen-bond donors (Lipinski definition) is 1. The van der Waals surface area contributed by atoms with Gasteiger partial charge >= 0.3 is 0 Å². The highest BCUT2D eigenvalue weighted by molar-refractivity contribution is 5.92. The van der Waals surface area contributed by atoms with Crippen LogP contribution in [0.3, 0.4) is 0 Å². The Kier molecular flexibility index (Phi) is 4.35. The minimum atomic E-state index is -0.834. The summed E-state index contributed by atoms with van der Waals surface area (Å²) in [6.45, 7) is 2.01. The van der Waals surface area contributed by atoms with Crippen LogP contribution in [0, 0.1) is 11.6 Å². The van der Waals surface area contributed by atoms with Gasteiger partial charge in [0.15, 0.2) is 5.76 Å². The maximum Gasteiger partial charge on any atom is 0.230 e. The van der Waals surface area contributed by atoms with Crippen molar-refractivity contribution in [2.75, 3.05) is 5.32 Å². The van der Waals surface area contributed by atoms with Gasteiger partial charge in [0.05, 0.1) is 17.8 Å². The first kappa shape index (κ1) is 17.2.